The number of likely N-dealkylation sites (N-methyl/N-ethyl adjacent to an activating group) is 1. The molecule has 1 aromatic carbocycles. The van der Waals surface area contributed by atoms with E-state index < -0.39 is 0 Å². The highest BCUT2D eigenvalue weighted by Gasteiger charge is 2.38. The molecule has 3 atom stereocenters. The van der Waals surface area contributed by atoms with Crippen LogP contribution in [0.5, 0.6) is 5.75 Å². The second-order valence-corrected chi connectivity index (χ2v) is 8.21. The third kappa shape index (κ3) is 3.17. The van der Waals surface area contributed by atoms with Crippen molar-refractivity contribution >= 4 is 11.8 Å². The summed E-state index contributed by atoms with van der Waals surface area (Å²) in [7, 11) is 2.27. The molecule has 0 spiro atoms. The molecule has 2 aromatic rings. The molecular formula is C20H24N2OS. The van der Waals surface area contributed by atoms with Crippen molar-refractivity contribution in [2.45, 2.75) is 30.3 Å². The predicted molar refractivity (Wildman–Crippen MR) is 98.5 cm³/mol. The number of rotatable bonds is 3. The maximum atomic E-state index is 10.2. The normalized spacial score (nSPS) is 26.6. The largest absolute Gasteiger partial charge is 0.508 e. The third-order valence-electron chi connectivity index (χ3n) is 5.54. The van der Waals surface area contributed by atoms with E-state index in [9.17, 15) is 5.11 Å². The van der Waals surface area contributed by atoms with Crippen LogP contribution >= 0.6 is 11.8 Å². The molecular weight excluding hydrogens is 316 g/mol. The molecule has 2 heterocycles. The Bertz CT molecular complexity index is 706. The topological polar surface area (TPSA) is 36.4 Å². The monoisotopic (exact) mass is 340 g/mol. The number of phenols is 1. The quantitative estimate of drug-likeness (QED) is 0.866. The Morgan fingerprint density at radius 2 is 2.12 bits per heavy atom. The highest BCUT2D eigenvalue weighted by molar-refractivity contribution is 7.99. The smallest absolute Gasteiger partial charge is 0.119 e. The number of fused-ring (bicyclic) bond motifs is 2. The zero-order valence-corrected chi connectivity index (χ0v) is 14.9. The molecule has 126 valence electrons. The van der Waals surface area contributed by atoms with Crippen LogP contribution in [0.15, 0.2) is 47.6 Å². The zero-order chi connectivity index (χ0) is 16.5. The van der Waals surface area contributed by atoms with E-state index >= 15 is 0 Å². The summed E-state index contributed by atoms with van der Waals surface area (Å²) in [6.07, 6.45) is 5.21. The van der Waals surface area contributed by atoms with Crippen LogP contribution in [-0.4, -0.2) is 40.4 Å². The first-order chi connectivity index (χ1) is 11.7. The summed E-state index contributed by atoms with van der Waals surface area (Å²) in [5.41, 5.74) is 2.52. The molecule has 1 saturated heterocycles. The van der Waals surface area contributed by atoms with E-state index in [0.29, 0.717) is 23.6 Å². The zero-order valence-electron chi connectivity index (χ0n) is 14.1. The fraction of sp³-hybridized carbons (Fsp3) is 0.450. The van der Waals surface area contributed by atoms with Gasteiger partial charge in [0, 0.05) is 24.5 Å². The van der Waals surface area contributed by atoms with Gasteiger partial charge in [0.1, 0.15) is 5.75 Å². The van der Waals surface area contributed by atoms with Gasteiger partial charge in [0.25, 0.3) is 0 Å². The molecule has 0 amide bonds. The number of piperidine rings is 1. The molecule has 2 aliphatic rings. The summed E-state index contributed by atoms with van der Waals surface area (Å²) in [4.78, 5) is 6.97. The predicted octanol–water partition coefficient (Wildman–Crippen LogP) is 3.61. The molecule has 3 unspecified atom stereocenters. The van der Waals surface area contributed by atoms with Gasteiger partial charge in [-0.05, 0) is 67.5 Å². The highest BCUT2D eigenvalue weighted by atomic mass is 32.2. The van der Waals surface area contributed by atoms with Crippen LogP contribution in [0.3, 0.4) is 0 Å². The van der Waals surface area contributed by atoms with Gasteiger partial charge in [-0.25, -0.2) is 4.98 Å². The number of aromatic hydroxyl groups is 1. The molecule has 0 radical (unpaired) electrons. The molecule has 1 N–H and O–H groups in total. The maximum absolute atomic E-state index is 10.2. The van der Waals surface area contributed by atoms with E-state index in [1.807, 2.05) is 36.2 Å². The number of likely N-dealkylation sites (tertiary alicyclic amines) is 1. The average molecular weight is 340 g/mol. The van der Waals surface area contributed by atoms with E-state index in [0.717, 1.165) is 30.2 Å². The Labute approximate surface area is 148 Å². The summed E-state index contributed by atoms with van der Waals surface area (Å²) in [5.74, 6) is 2.95. The highest BCUT2D eigenvalue weighted by Crippen LogP contribution is 2.40. The summed E-state index contributed by atoms with van der Waals surface area (Å²) in [6.45, 7) is 1.16. The van der Waals surface area contributed by atoms with Gasteiger partial charge in [-0.15, -0.1) is 11.8 Å². The van der Waals surface area contributed by atoms with Crippen molar-refractivity contribution in [2.75, 3.05) is 19.3 Å². The number of hydrogen-bond acceptors (Lipinski definition) is 4. The van der Waals surface area contributed by atoms with E-state index in [4.69, 9.17) is 0 Å². The number of pyridine rings is 1. The van der Waals surface area contributed by atoms with Crippen LogP contribution in [-0.2, 0) is 12.8 Å². The van der Waals surface area contributed by atoms with Crippen molar-refractivity contribution in [3.05, 3.63) is 53.7 Å². The lowest BCUT2D eigenvalue weighted by Gasteiger charge is -2.46. The Morgan fingerprint density at radius 1 is 1.21 bits per heavy atom. The minimum Gasteiger partial charge on any atom is -0.508 e. The maximum Gasteiger partial charge on any atom is 0.119 e. The molecule has 1 aromatic heterocycles. The van der Waals surface area contributed by atoms with E-state index in [1.54, 1.807) is 0 Å². The molecule has 1 aliphatic carbocycles. The minimum absolute atomic E-state index is 0.485. The lowest BCUT2D eigenvalue weighted by atomic mass is 9.73. The molecule has 1 aliphatic heterocycles. The van der Waals surface area contributed by atoms with Crippen molar-refractivity contribution in [1.29, 1.82) is 0 Å². The summed E-state index contributed by atoms with van der Waals surface area (Å²) in [6, 6.07) is 12.7. The van der Waals surface area contributed by atoms with Crippen LogP contribution in [0.25, 0.3) is 0 Å². The van der Waals surface area contributed by atoms with Crippen LogP contribution in [0.1, 0.15) is 17.5 Å². The van der Waals surface area contributed by atoms with E-state index in [2.05, 4.69) is 35.1 Å². The molecule has 24 heavy (non-hydrogen) atoms. The van der Waals surface area contributed by atoms with Crippen LogP contribution in [0.2, 0.25) is 0 Å². The minimum atomic E-state index is 0.485. The Hall–Kier alpha value is -1.52. The van der Waals surface area contributed by atoms with Crippen molar-refractivity contribution in [3.63, 3.8) is 0 Å². The van der Waals surface area contributed by atoms with Gasteiger partial charge in [-0.1, -0.05) is 18.2 Å². The molecule has 4 rings (SSSR count). The van der Waals surface area contributed by atoms with Crippen LogP contribution < -0.4 is 0 Å². The van der Waals surface area contributed by atoms with Crippen LogP contribution in [0.4, 0.5) is 0 Å². The second-order valence-electron chi connectivity index (χ2n) is 7.17. The van der Waals surface area contributed by atoms with Gasteiger partial charge >= 0.3 is 0 Å². The van der Waals surface area contributed by atoms with Crippen LogP contribution in [0, 0.1) is 11.8 Å². The summed E-state index contributed by atoms with van der Waals surface area (Å²) >= 11 is 1.87. The van der Waals surface area contributed by atoms with Gasteiger partial charge in [0.15, 0.2) is 0 Å². The number of benzene rings is 1. The van der Waals surface area contributed by atoms with E-state index in [1.165, 1.54) is 17.5 Å². The first-order valence-electron chi connectivity index (χ1n) is 8.74. The lowest BCUT2D eigenvalue weighted by Crippen LogP contribution is -2.50. The SMILES string of the molecule is CN1CC(CSc2ccccn2)CC2Cc3c(O)cccc3CC21. The standard InChI is InChI=1S/C20H24N2OS/c1-22-12-14(13-24-20-7-2-3-8-21-20)9-16-10-17-15(11-18(16)22)5-4-6-19(17)23/h2-8,14,16,18,23H,9-13H2,1H3. The summed E-state index contributed by atoms with van der Waals surface area (Å²) in [5, 5.41) is 11.3. The average Bonchev–Trinajstić information content (AvgIpc) is 2.60. The van der Waals surface area contributed by atoms with Gasteiger partial charge in [0.05, 0.1) is 5.03 Å². The van der Waals surface area contributed by atoms with Gasteiger partial charge in [-0.2, -0.15) is 0 Å². The van der Waals surface area contributed by atoms with Gasteiger partial charge in [-0.3, -0.25) is 0 Å². The van der Waals surface area contributed by atoms with Crippen molar-refractivity contribution in [3.8, 4) is 5.75 Å². The molecule has 3 nitrogen and oxygen atoms in total. The first kappa shape index (κ1) is 16.0. The molecule has 0 bridgehead atoms. The fourth-order valence-electron chi connectivity index (χ4n) is 4.40. The van der Waals surface area contributed by atoms with E-state index in [-0.39, 0.29) is 0 Å². The number of nitrogens with zero attached hydrogens (tertiary/aromatic N) is 2. The first-order valence-corrected chi connectivity index (χ1v) is 9.73. The second kappa shape index (κ2) is 6.77. The molecule has 1 fully saturated rings. The van der Waals surface area contributed by atoms with Gasteiger partial charge < -0.3 is 10.0 Å². The third-order valence-corrected chi connectivity index (χ3v) is 6.72. The van der Waals surface area contributed by atoms with Gasteiger partial charge in [0.2, 0.25) is 0 Å². The van der Waals surface area contributed by atoms with Crippen molar-refractivity contribution in [1.82, 2.24) is 9.88 Å². The summed E-state index contributed by atoms with van der Waals surface area (Å²) < 4.78 is 0. The fourth-order valence-corrected chi connectivity index (χ4v) is 5.35. The number of thioether (sulfide) groups is 1. The Kier molecular flexibility index (Phi) is 4.51. The number of phenolic OH excluding ortho intramolecular Hbond substituents is 1. The molecule has 4 heteroatoms. The van der Waals surface area contributed by atoms with Crippen molar-refractivity contribution < 1.29 is 5.11 Å². The van der Waals surface area contributed by atoms with Crippen molar-refractivity contribution in [2.24, 2.45) is 11.8 Å². The number of aromatic nitrogens is 1. The molecule has 0 saturated carbocycles. The Balaban J connectivity index is 1.45. The number of hydrogen-bond donors (Lipinski definition) is 1. The Morgan fingerprint density at radius 3 is 2.96 bits per heavy atom. The lowest BCUT2D eigenvalue weighted by molar-refractivity contribution is 0.0792.